The molecule has 4 heteroatoms. The van der Waals surface area contributed by atoms with Crippen LogP contribution >= 0.6 is 0 Å². The lowest BCUT2D eigenvalue weighted by Gasteiger charge is -2.01. The fourth-order valence-corrected chi connectivity index (χ4v) is 1.40. The Balaban J connectivity index is 2.41. The molecule has 13 heavy (non-hydrogen) atoms. The van der Waals surface area contributed by atoms with Gasteiger partial charge in [0.15, 0.2) is 5.84 Å². The minimum Gasteiger partial charge on any atom is -0.493 e. The van der Waals surface area contributed by atoms with E-state index in [4.69, 9.17) is 15.7 Å². The smallest absolute Gasteiger partial charge is 0.170 e. The van der Waals surface area contributed by atoms with Gasteiger partial charge in [-0.2, -0.15) is 0 Å². The van der Waals surface area contributed by atoms with E-state index in [-0.39, 0.29) is 5.84 Å². The summed E-state index contributed by atoms with van der Waals surface area (Å²) in [6.07, 6.45) is 0.891. The van der Waals surface area contributed by atoms with Crippen LogP contribution in [0.15, 0.2) is 23.4 Å². The van der Waals surface area contributed by atoms with Gasteiger partial charge >= 0.3 is 0 Å². The highest BCUT2D eigenvalue weighted by Gasteiger charge is 2.12. The van der Waals surface area contributed by atoms with Gasteiger partial charge in [0, 0.05) is 12.0 Å². The highest BCUT2D eigenvalue weighted by molar-refractivity contribution is 5.97. The molecule has 68 valence electrons. The predicted molar refractivity (Wildman–Crippen MR) is 48.2 cm³/mol. The summed E-state index contributed by atoms with van der Waals surface area (Å²) in [6, 6.07) is 5.51. The maximum absolute atomic E-state index is 8.47. The lowest BCUT2D eigenvalue weighted by Crippen LogP contribution is -2.12. The van der Waals surface area contributed by atoms with Crippen LogP contribution in [0.4, 0.5) is 0 Å². The van der Waals surface area contributed by atoms with Crippen molar-refractivity contribution in [1.29, 1.82) is 0 Å². The molecule has 1 aliphatic rings. The third-order valence-corrected chi connectivity index (χ3v) is 2.09. The second kappa shape index (κ2) is 2.97. The van der Waals surface area contributed by atoms with Crippen molar-refractivity contribution in [2.45, 2.75) is 6.42 Å². The van der Waals surface area contributed by atoms with Crippen molar-refractivity contribution in [2.75, 3.05) is 6.61 Å². The Labute approximate surface area is 75.6 Å². The normalized spacial score (nSPS) is 15.2. The second-order valence-electron chi connectivity index (χ2n) is 2.91. The first kappa shape index (κ1) is 7.91. The van der Waals surface area contributed by atoms with Gasteiger partial charge in [0.2, 0.25) is 0 Å². The molecule has 0 saturated carbocycles. The van der Waals surface area contributed by atoms with Crippen LogP contribution in [0, 0.1) is 0 Å². The van der Waals surface area contributed by atoms with Crippen LogP contribution < -0.4 is 10.5 Å². The van der Waals surface area contributed by atoms with Crippen LogP contribution in [-0.4, -0.2) is 17.6 Å². The van der Waals surface area contributed by atoms with Gasteiger partial charge in [-0.3, -0.25) is 0 Å². The lowest BCUT2D eigenvalue weighted by molar-refractivity contribution is 0.318. The molecule has 0 amide bonds. The third-order valence-electron chi connectivity index (χ3n) is 2.09. The average molecular weight is 178 g/mol. The number of hydrogen-bond donors (Lipinski definition) is 2. The van der Waals surface area contributed by atoms with Crippen LogP contribution in [0.5, 0.6) is 5.75 Å². The average Bonchev–Trinajstić information content (AvgIpc) is 2.63. The number of nitrogens with two attached hydrogens (primary N) is 1. The first-order valence-electron chi connectivity index (χ1n) is 4.05. The Morgan fingerprint density at radius 1 is 1.54 bits per heavy atom. The lowest BCUT2D eigenvalue weighted by atomic mass is 10.1. The summed E-state index contributed by atoms with van der Waals surface area (Å²) in [6.45, 7) is 0.717. The summed E-state index contributed by atoms with van der Waals surface area (Å²) in [5, 5.41) is 11.4. The molecule has 1 aromatic rings. The maximum atomic E-state index is 8.47. The largest absolute Gasteiger partial charge is 0.493 e. The van der Waals surface area contributed by atoms with Crippen LogP contribution in [0.25, 0.3) is 0 Å². The molecule has 0 saturated heterocycles. The van der Waals surface area contributed by atoms with Crippen LogP contribution in [-0.2, 0) is 6.42 Å². The number of ether oxygens (including phenoxy) is 1. The van der Waals surface area contributed by atoms with Crippen molar-refractivity contribution < 1.29 is 9.94 Å². The van der Waals surface area contributed by atoms with Crippen molar-refractivity contribution in [3.8, 4) is 5.75 Å². The van der Waals surface area contributed by atoms with E-state index in [9.17, 15) is 0 Å². The molecule has 0 radical (unpaired) electrons. The van der Waals surface area contributed by atoms with Crippen LogP contribution in [0.2, 0.25) is 0 Å². The SMILES string of the molecule is N/C(=N\O)c1ccc2c(c1)CCO2. The minimum absolute atomic E-state index is 0.134. The summed E-state index contributed by atoms with van der Waals surface area (Å²) in [5.74, 6) is 1.03. The molecule has 1 heterocycles. The topological polar surface area (TPSA) is 67.8 Å². The zero-order valence-corrected chi connectivity index (χ0v) is 7.03. The van der Waals surface area contributed by atoms with Crippen molar-refractivity contribution in [2.24, 2.45) is 10.9 Å². The molecule has 0 atom stereocenters. The van der Waals surface area contributed by atoms with Crippen molar-refractivity contribution in [1.82, 2.24) is 0 Å². The number of rotatable bonds is 1. The fourth-order valence-electron chi connectivity index (χ4n) is 1.40. The standard InChI is InChI=1S/C9H10N2O2/c10-9(11-12)7-1-2-8-6(5-7)3-4-13-8/h1-2,5,12H,3-4H2,(H2,10,11). The molecule has 2 rings (SSSR count). The van der Waals surface area contributed by atoms with Gasteiger partial charge in [0.25, 0.3) is 0 Å². The summed E-state index contributed by atoms with van der Waals surface area (Å²) in [5.41, 5.74) is 7.29. The Bertz CT molecular complexity index is 361. The first-order valence-corrected chi connectivity index (χ1v) is 4.05. The van der Waals surface area contributed by atoms with Crippen molar-refractivity contribution in [3.63, 3.8) is 0 Å². The zero-order valence-electron chi connectivity index (χ0n) is 7.03. The highest BCUT2D eigenvalue weighted by Crippen LogP contribution is 2.25. The molecule has 4 nitrogen and oxygen atoms in total. The number of hydrogen-bond acceptors (Lipinski definition) is 3. The molecule has 0 unspecified atom stereocenters. The third kappa shape index (κ3) is 1.30. The summed E-state index contributed by atoms with van der Waals surface area (Å²) < 4.78 is 5.32. The molecule has 1 aromatic carbocycles. The monoisotopic (exact) mass is 178 g/mol. The molecule has 0 bridgehead atoms. The Morgan fingerprint density at radius 3 is 3.15 bits per heavy atom. The molecule has 3 N–H and O–H groups in total. The van der Waals surface area contributed by atoms with Crippen LogP contribution in [0.1, 0.15) is 11.1 Å². The van der Waals surface area contributed by atoms with Crippen LogP contribution in [0.3, 0.4) is 0 Å². The molecular weight excluding hydrogens is 168 g/mol. The van der Waals surface area contributed by atoms with Gasteiger partial charge in [-0.1, -0.05) is 5.16 Å². The molecule has 0 fully saturated rings. The van der Waals surface area contributed by atoms with Gasteiger partial charge in [-0.15, -0.1) is 0 Å². The number of amidine groups is 1. The Morgan fingerprint density at radius 2 is 2.38 bits per heavy atom. The first-order chi connectivity index (χ1) is 6.31. The Kier molecular flexibility index (Phi) is 1.81. The van der Waals surface area contributed by atoms with Crippen molar-refractivity contribution in [3.05, 3.63) is 29.3 Å². The minimum atomic E-state index is 0.134. The Hall–Kier alpha value is -1.71. The van der Waals surface area contributed by atoms with E-state index >= 15 is 0 Å². The number of benzene rings is 1. The summed E-state index contributed by atoms with van der Waals surface area (Å²) in [7, 11) is 0. The van der Waals surface area contributed by atoms with E-state index in [2.05, 4.69) is 5.16 Å². The number of oxime groups is 1. The second-order valence-corrected chi connectivity index (χ2v) is 2.91. The van der Waals surface area contributed by atoms with Crippen molar-refractivity contribution >= 4 is 5.84 Å². The van der Waals surface area contributed by atoms with Gasteiger partial charge in [-0.05, 0) is 23.8 Å². The fraction of sp³-hybridized carbons (Fsp3) is 0.222. The van der Waals surface area contributed by atoms with Gasteiger partial charge < -0.3 is 15.7 Å². The molecule has 0 spiro atoms. The van der Waals surface area contributed by atoms with E-state index in [0.29, 0.717) is 0 Å². The van der Waals surface area contributed by atoms with E-state index in [1.807, 2.05) is 12.1 Å². The summed E-state index contributed by atoms with van der Waals surface area (Å²) in [4.78, 5) is 0. The zero-order chi connectivity index (χ0) is 9.26. The highest BCUT2D eigenvalue weighted by atomic mass is 16.5. The van der Waals surface area contributed by atoms with Gasteiger partial charge in [0.05, 0.1) is 6.61 Å². The van der Waals surface area contributed by atoms with Gasteiger partial charge in [0.1, 0.15) is 5.75 Å². The van der Waals surface area contributed by atoms with E-state index in [1.165, 1.54) is 0 Å². The number of nitrogens with zero attached hydrogens (tertiary/aromatic N) is 1. The predicted octanol–water partition coefficient (Wildman–Crippen LogP) is 0.716. The molecular formula is C9H10N2O2. The quantitative estimate of drug-likeness (QED) is 0.288. The van der Waals surface area contributed by atoms with Gasteiger partial charge in [-0.25, -0.2) is 0 Å². The maximum Gasteiger partial charge on any atom is 0.170 e. The molecule has 0 aliphatic carbocycles. The summed E-state index contributed by atoms with van der Waals surface area (Å²) >= 11 is 0. The molecule has 1 aliphatic heterocycles. The molecule has 0 aromatic heterocycles. The van der Waals surface area contributed by atoms with E-state index in [0.717, 1.165) is 29.9 Å². The number of fused-ring (bicyclic) bond motifs is 1. The van der Waals surface area contributed by atoms with E-state index < -0.39 is 0 Å². The van der Waals surface area contributed by atoms with E-state index in [1.54, 1.807) is 6.07 Å².